The van der Waals surface area contributed by atoms with Crippen LogP contribution in [0.15, 0.2) is 29.5 Å². The van der Waals surface area contributed by atoms with Crippen LogP contribution in [0.4, 0.5) is 4.79 Å². The number of hydrogen-bond donors (Lipinski definition) is 3. The molecule has 2 rings (SSSR count). The summed E-state index contributed by atoms with van der Waals surface area (Å²) in [6.07, 6.45) is 0.608. The number of quaternary nitrogens is 1. The van der Waals surface area contributed by atoms with E-state index in [1.54, 1.807) is 13.0 Å². The minimum absolute atomic E-state index is 0.284. The second-order valence-corrected chi connectivity index (χ2v) is 7.05. The lowest BCUT2D eigenvalue weighted by Gasteiger charge is -2.29. The Morgan fingerprint density at radius 3 is 2.58 bits per heavy atom. The topological polar surface area (TPSA) is 71.9 Å². The number of nitrogens with one attached hydrogen (secondary N) is 3. The van der Waals surface area contributed by atoms with Gasteiger partial charge in [-0.15, -0.1) is 0 Å². The number of amides is 2. The average molecular weight is 401 g/mol. The fourth-order valence-electron chi connectivity index (χ4n) is 2.96. The molecule has 0 saturated heterocycles. The summed E-state index contributed by atoms with van der Waals surface area (Å²) >= 11 is 12.0. The number of carbonyl (C=O) groups is 2. The van der Waals surface area contributed by atoms with E-state index in [0.29, 0.717) is 40.8 Å². The molecule has 26 heavy (non-hydrogen) atoms. The number of rotatable bonds is 7. The molecule has 0 aromatic heterocycles. The number of hydrogen-bond acceptors (Lipinski definition) is 3. The van der Waals surface area contributed by atoms with E-state index in [-0.39, 0.29) is 18.7 Å². The Morgan fingerprint density at radius 2 is 1.96 bits per heavy atom. The monoisotopic (exact) mass is 400 g/mol. The molecule has 6 nitrogen and oxygen atoms in total. The first-order chi connectivity index (χ1) is 12.3. The number of halogens is 2. The number of likely N-dealkylation sites (N-methyl/N-ethyl adjacent to an activating group) is 1. The van der Waals surface area contributed by atoms with Crippen molar-refractivity contribution in [2.24, 2.45) is 0 Å². The van der Waals surface area contributed by atoms with Gasteiger partial charge in [-0.3, -0.25) is 0 Å². The Bertz CT molecular complexity index is 722. The summed E-state index contributed by atoms with van der Waals surface area (Å²) in [6.45, 7) is 5.09. The smallest absolute Gasteiger partial charge is 0.338 e. The fraction of sp³-hybridized carbons (Fsp3) is 0.444. The van der Waals surface area contributed by atoms with E-state index in [4.69, 9.17) is 27.9 Å². The molecule has 1 heterocycles. The van der Waals surface area contributed by atoms with Crippen molar-refractivity contribution >= 4 is 35.2 Å². The lowest BCUT2D eigenvalue weighted by Crippen LogP contribution is -3.08. The number of ether oxygens (including phenoxy) is 1. The molecular weight excluding hydrogens is 377 g/mol. The van der Waals surface area contributed by atoms with Gasteiger partial charge in [-0.1, -0.05) is 36.2 Å². The van der Waals surface area contributed by atoms with E-state index in [2.05, 4.69) is 10.6 Å². The van der Waals surface area contributed by atoms with Crippen molar-refractivity contribution < 1.29 is 19.2 Å². The van der Waals surface area contributed by atoms with Crippen molar-refractivity contribution in [2.75, 3.05) is 20.2 Å². The van der Waals surface area contributed by atoms with Gasteiger partial charge in [-0.05, 0) is 25.5 Å². The zero-order chi connectivity index (χ0) is 19.3. The molecule has 142 valence electrons. The van der Waals surface area contributed by atoms with E-state index < -0.39 is 5.97 Å². The van der Waals surface area contributed by atoms with Crippen LogP contribution in [0.2, 0.25) is 10.0 Å². The van der Waals surface area contributed by atoms with Crippen molar-refractivity contribution in [1.82, 2.24) is 10.6 Å². The third-order valence-corrected chi connectivity index (χ3v) is 4.85. The molecule has 0 fully saturated rings. The van der Waals surface area contributed by atoms with Gasteiger partial charge < -0.3 is 20.3 Å². The van der Waals surface area contributed by atoms with Crippen LogP contribution >= 0.6 is 23.2 Å². The van der Waals surface area contributed by atoms with Gasteiger partial charge in [0, 0.05) is 5.56 Å². The van der Waals surface area contributed by atoms with Crippen LogP contribution < -0.4 is 15.5 Å². The SMILES string of the molecule is CCOC(=O)C1=C(C[NH+](C)Cc2ccc(Cl)c(Cl)c2)NC(=O)N[C@H]1CC. The van der Waals surface area contributed by atoms with E-state index in [9.17, 15) is 9.59 Å². The highest BCUT2D eigenvalue weighted by Gasteiger charge is 2.32. The van der Waals surface area contributed by atoms with Gasteiger partial charge in [-0.2, -0.15) is 0 Å². The average Bonchev–Trinajstić information content (AvgIpc) is 2.57. The molecule has 0 bridgehead atoms. The standard InChI is InChI=1S/C18H23Cl2N3O3/c1-4-14-16(17(24)26-5-2)15(22-18(25)21-14)10-23(3)9-11-6-7-12(19)13(20)8-11/h6-8,14H,4-5,9-10H2,1-3H3,(H2,21,22,25)/p+1/t14-/m0/s1. The molecule has 0 aliphatic carbocycles. The minimum atomic E-state index is -0.399. The van der Waals surface area contributed by atoms with Crippen LogP contribution in [0.25, 0.3) is 0 Å². The molecule has 1 aromatic carbocycles. The summed E-state index contributed by atoms with van der Waals surface area (Å²) < 4.78 is 5.18. The third kappa shape index (κ3) is 5.13. The predicted molar refractivity (Wildman–Crippen MR) is 101 cm³/mol. The van der Waals surface area contributed by atoms with E-state index >= 15 is 0 Å². The molecule has 1 unspecified atom stereocenters. The molecule has 0 saturated carbocycles. The molecule has 8 heteroatoms. The van der Waals surface area contributed by atoms with Crippen LogP contribution in [0, 0.1) is 0 Å². The van der Waals surface area contributed by atoms with E-state index in [1.807, 2.05) is 26.1 Å². The quantitative estimate of drug-likeness (QED) is 0.612. The summed E-state index contributed by atoms with van der Waals surface area (Å²) in [5.74, 6) is -0.399. The fourth-order valence-corrected chi connectivity index (χ4v) is 3.28. The van der Waals surface area contributed by atoms with Crippen molar-refractivity contribution in [3.05, 3.63) is 45.1 Å². The first-order valence-corrected chi connectivity index (χ1v) is 9.34. The van der Waals surface area contributed by atoms with Crippen LogP contribution in [-0.4, -0.2) is 38.2 Å². The van der Waals surface area contributed by atoms with Crippen molar-refractivity contribution in [2.45, 2.75) is 32.9 Å². The van der Waals surface area contributed by atoms with Crippen molar-refractivity contribution in [3.8, 4) is 0 Å². The third-order valence-electron chi connectivity index (χ3n) is 4.12. The van der Waals surface area contributed by atoms with Crippen molar-refractivity contribution in [3.63, 3.8) is 0 Å². The van der Waals surface area contributed by atoms with Crippen LogP contribution in [-0.2, 0) is 16.1 Å². The van der Waals surface area contributed by atoms with Gasteiger partial charge in [0.05, 0.1) is 41.0 Å². The van der Waals surface area contributed by atoms with Crippen LogP contribution in [0.3, 0.4) is 0 Å². The Balaban J connectivity index is 2.21. The maximum Gasteiger partial charge on any atom is 0.338 e. The number of esters is 1. The molecule has 1 aliphatic heterocycles. The maximum atomic E-state index is 12.4. The van der Waals surface area contributed by atoms with Crippen LogP contribution in [0.5, 0.6) is 0 Å². The molecule has 0 radical (unpaired) electrons. The lowest BCUT2D eigenvalue weighted by atomic mass is 10.00. The maximum absolute atomic E-state index is 12.4. The van der Waals surface area contributed by atoms with E-state index in [1.165, 1.54) is 0 Å². The Kier molecular flexibility index (Phi) is 7.32. The van der Waals surface area contributed by atoms with Gasteiger partial charge in [0.1, 0.15) is 13.1 Å². The number of urea groups is 1. The summed E-state index contributed by atoms with van der Waals surface area (Å²) in [7, 11) is 1.98. The highest BCUT2D eigenvalue weighted by atomic mass is 35.5. The molecule has 3 N–H and O–H groups in total. The van der Waals surface area contributed by atoms with E-state index in [0.717, 1.165) is 10.5 Å². The Labute approximate surface area is 163 Å². The summed E-state index contributed by atoms with van der Waals surface area (Å²) in [6, 6.07) is 4.84. The summed E-state index contributed by atoms with van der Waals surface area (Å²) in [5.41, 5.74) is 2.10. The number of carbonyl (C=O) groups excluding carboxylic acids is 2. The van der Waals surface area contributed by atoms with Gasteiger partial charge in [-0.25, -0.2) is 9.59 Å². The second kappa shape index (κ2) is 9.26. The van der Waals surface area contributed by atoms with Gasteiger partial charge in [0.15, 0.2) is 0 Å². The van der Waals surface area contributed by atoms with Crippen LogP contribution in [0.1, 0.15) is 25.8 Å². The molecule has 1 aliphatic rings. The van der Waals surface area contributed by atoms with Gasteiger partial charge >= 0.3 is 12.0 Å². The largest absolute Gasteiger partial charge is 0.463 e. The van der Waals surface area contributed by atoms with Crippen molar-refractivity contribution in [1.29, 1.82) is 0 Å². The summed E-state index contributed by atoms with van der Waals surface area (Å²) in [5, 5.41) is 6.56. The first-order valence-electron chi connectivity index (χ1n) is 8.58. The second-order valence-electron chi connectivity index (χ2n) is 6.23. The minimum Gasteiger partial charge on any atom is -0.463 e. The molecule has 2 amide bonds. The highest BCUT2D eigenvalue weighted by Crippen LogP contribution is 2.22. The molecule has 1 aromatic rings. The van der Waals surface area contributed by atoms with Gasteiger partial charge in [0.2, 0.25) is 0 Å². The zero-order valence-electron chi connectivity index (χ0n) is 15.1. The zero-order valence-corrected chi connectivity index (χ0v) is 16.6. The predicted octanol–water partition coefficient (Wildman–Crippen LogP) is 1.92. The lowest BCUT2D eigenvalue weighted by molar-refractivity contribution is -0.889. The normalized spacial score (nSPS) is 18.2. The Hall–Kier alpha value is -1.76. The highest BCUT2D eigenvalue weighted by molar-refractivity contribution is 6.42. The van der Waals surface area contributed by atoms with Gasteiger partial charge in [0.25, 0.3) is 0 Å². The molecule has 0 spiro atoms. The number of benzene rings is 1. The first kappa shape index (κ1) is 20.6. The molecular formula is C18H24Cl2N3O3+. The Morgan fingerprint density at radius 1 is 1.23 bits per heavy atom. The molecule has 2 atom stereocenters. The summed E-state index contributed by atoms with van der Waals surface area (Å²) in [4.78, 5) is 25.4.